The third-order valence-corrected chi connectivity index (χ3v) is 6.01. The lowest BCUT2D eigenvalue weighted by atomic mass is 9.93. The second-order valence-electron chi connectivity index (χ2n) is 8.23. The first kappa shape index (κ1) is 27.6. The summed E-state index contributed by atoms with van der Waals surface area (Å²) in [6.07, 6.45) is -0.748. The molecule has 8 nitrogen and oxygen atoms in total. The molecule has 1 heterocycles. The first-order chi connectivity index (χ1) is 15.7. The number of aliphatic carboxylic acids is 1. The van der Waals surface area contributed by atoms with Crippen molar-refractivity contribution in [3.63, 3.8) is 0 Å². The van der Waals surface area contributed by atoms with Gasteiger partial charge in [0.15, 0.2) is 6.04 Å². The first-order valence-corrected chi connectivity index (χ1v) is 11.2. The molecule has 0 fully saturated rings. The van der Waals surface area contributed by atoms with E-state index in [4.69, 9.17) is 11.6 Å². The predicted octanol–water partition coefficient (Wildman–Crippen LogP) is 2.02. The third kappa shape index (κ3) is 7.43. The molecule has 0 spiro atoms. The van der Waals surface area contributed by atoms with Gasteiger partial charge < -0.3 is 26.2 Å². The van der Waals surface area contributed by atoms with Crippen molar-refractivity contribution < 1.29 is 24.6 Å². The van der Waals surface area contributed by atoms with E-state index in [1.54, 1.807) is 24.3 Å². The van der Waals surface area contributed by atoms with E-state index in [1.807, 2.05) is 24.3 Å². The van der Waals surface area contributed by atoms with Gasteiger partial charge in [0.05, 0.1) is 12.1 Å². The molecule has 0 saturated carbocycles. The predicted molar refractivity (Wildman–Crippen MR) is 131 cm³/mol. The third-order valence-electron chi connectivity index (χ3n) is 5.76. The number of benzene rings is 2. The zero-order valence-corrected chi connectivity index (χ0v) is 20.2. The van der Waals surface area contributed by atoms with E-state index in [0.717, 1.165) is 11.1 Å². The number of carboxylic acids is 1. The molecule has 2 aromatic carbocycles. The number of rotatable bonds is 9. The fourth-order valence-electron chi connectivity index (χ4n) is 3.87. The molecular weight excluding hydrogens is 481 g/mol. The van der Waals surface area contributed by atoms with Gasteiger partial charge in [-0.15, -0.1) is 12.4 Å². The second-order valence-corrected chi connectivity index (χ2v) is 8.66. The van der Waals surface area contributed by atoms with E-state index >= 15 is 0 Å². The molecule has 0 bridgehead atoms. The normalized spacial score (nSPS) is 17.3. The molecule has 10 heteroatoms. The molecule has 0 saturated heterocycles. The van der Waals surface area contributed by atoms with Gasteiger partial charge >= 0.3 is 5.97 Å². The molecule has 3 rings (SSSR count). The number of carbonyl (C=O) groups excluding carboxylic acids is 2. The Morgan fingerprint density at radius 2 is 1.76 bits per heavy atom. The standard InChI is InChI=1S/C24H28ClN3O5.ClH/c1-14(29)22(24(32)33)28-21(30)11-18(15-6-8-19(25)9-7-15)13-27-23(31)20-10-16-4-2-3-5-17(16)12-26-20;/h2-9,14,18,20,22,26,29H,10-13H2,1H3,(H,27,31)(H,28,30)(H,32,33);1H/t14?,18-,20-,22+;/m0./s1. The maximum absolute atomic E-state index is 12.8. The second kappa shape index (κ2) is 12.7. The average molecular weight is 510 g/mol. The Hall–Kier alpha value is -2.65. The van der Waals surface area contributed by atoms with Crippen LogP contribution in [0.4, 0.5) is 0 Å². The van der Waals surface area contributed by atoms with Crippen LogP contribution in [0.3, 0.4) is 0 Å². The molecule has 0 aliphatic carbocycles. The van der Waals surface area contributed by atoms with Crippen LogP contribution in [0.2, 0.25) is 5.02 Å². The lowest BCUT2D eigenvalue weighted by molar-refractivity contribution is -0.144. The Labute approximate surface area is 209 Å². The fourth-order valence-corrected chi connectivity index (χ4v) is 4.00. The van der Waals surface area contributed by atoms with Crippen LogP contribution < -0.4 is 16.0 Å². The summed E-state index contributed by atoms with van der Waals surface area (Å²) in [5, 5.41) is 27.9. The zero-order chi connectivity index (χ0) is 24.0. The van der Waals surface area contributed by atoms with Gasteiger partial charge in [-0.1, -0.05) is 48.0 Å². The van der Waals surface area contributed by atoms with Crippen molar-refractivity contribution in [1.82, 2.24) is 16.0 Å². The zero-order valence-electron chi connectivity index (χ0n) is 18.7. The maximum Gasteiger partial charge on any atom is 0.328 e. The number of fused-ring (bicyclic) bond motifs is 1. The van der Waals surface area contributed by atoms with E-state index in [9.17, 15) is 24.6 Å². The van der Waals surface area contributed by atoms with Gasteiger partial charge in [-0.2, -0.15) is 0 Å². The molecular formula is C24H29Cl2N3O5. The van der Waals surface area contributed by atoms with Crippen molar-refractivity contribution in [1.29, 1.82) is 0 Å². The maximum atomic E-state index is 12.8. The summed E-state index contributed by atoms with van der Waals surface area (Å²) in [5.41, 5.74) is 3.08. The number of aliphatic hydroxyl groups is 1. The monoisotopic (exact) mass is 509 g/mol. The van der Waals surface area contributed by atoms with E-state index in [-0.39, 0.29) is 37.3 Å². The molecule has 0 aromatic heterocycles. The van der Waals surface area contributed by atoms with Crippen LogP contribution in [0.15, 0.2) is 48.5 Å². The number of nitrogens with one attached hydrogen (secondary N) is 3. The highest BCUT2D eigenvalue weighted by molar-refractivity contribution is 6.30. The van der Waals surface area contributed by atoms with Crippen LogP contribution >= 0.6 is 24.0 Å². The van der Waals surface area contributed by atoms with Crippen LogP contribution in [-0.2, 0) is 27.3 Å². The van der Waals surface area contributed by atoms with Gasteiger partial charge in [0, 0.05) is 30.5 Å². The molecule has 2 amide bonds. The smallest absolute Gasteiger partial charge is 0.328 e. The van der Waals surface area contributed by atoms with Crippen LogP contribution in [0.5, 0.6) is 0 Å². The topological polar surface area (TPSA) is 128 Å². The van der Waals surface area contributed by atoms with Gasteiger partial charge in [-0.05, 0) is 42.2 Å². The minimum Gasteiger partial charge on any atom is -0.480 e. The van der Waals surface area contributed by atoms with Crippen molar-refractivity contribution in [2.75, 3.05) is 6.54 Å². The quantitative estimate of drug-likeness (QED) is 0.351. The highest BCUT2D eigenvalue weighted by atomic mass is 35.5. The van der Waals surface area contributed by atoms with Crippen molar-refractivity contribution in [2.24, 2.45) is 0 Å². The Kier molecular flexibility index (Phi) is 10.3. The van der Waals surface area contributed by atoms with E-state index in [0.29, 0.717) is 18.0 Å². The van der Waals surface area contributed by atoms with Gasteiger partial charge in [0.25, 0.3) is 0 Å². The molecule has 0 radical (unpaired) electrons. The van der Waals surface area contributed by atoms with Crippen molar-refractivity contribution >= 4 is 41.8 Å². The number of carbonyl (C=O) groups is 3. The summed E-state index contributed by atoms with van der Waals surface area (Å²) >= 11 is 5.98. The fraction of sp³-hybridized carbons (Fsp3) is 0.375. The highest BCUT2D eigenvalue weighted by Gasteiger charge is 2.28. The van der Waals surface area contributed by atoms with Crippen LogP contribution in [0, 0.1) is 0 Å². The van der Waals surface area contributed by atoms with E-state index in [2.05, 4.69) is 16.0 Å². The largest absolute Gasteiger partial charge is 0.480 e. The minimum absolute atomic E-state index is 0. The summed E-state index contributed by atoms with van der Waals surface area (Å²) in [5.74, 6) is -2.44. The number of aliphatic hydroxyl groups excluding tert-OH is 1. The molecule has 2 aromatic rings. The molecule has 1 aliphatic heterocycles. The van der Waals surface area contributed by atoms with Gasteiger partial charge in [0.1, 0.15) is 0 Å². The summed E-state index contributed by atoms with van der Waals surface area (Å²) in [6, 6.07) is 13.1. The Balaban J connectivity index is 0.00000408. The molecule has 1 unspecified atom stereocenters. The van der Waals surface area contributed by atoms with Crippen molar-refractivity contribution in [3.05, 3.63) is 70.2 Å². The summed E-state index contributed by atoms with van der Waals surface area (Å²) < 4.78 is 0. The number of carboxylic acid groups (broad SMARTS) is 1. The minimum atomic E-state index is -1.41. The summed E-state index contributed by atoms with van der Waals surface area (Å²) in [4.78, 5) is 36.7. The van der Waals surface area contributed by atoms with Crippen molar-refractivity contribution in [3.8, 4) is 0 Å². The molecule has 1 aliphatic rings. The lowest BCUT2D eigenvalue weighted by Gasteiger charge is -2.26. The number of hydrogen-bond acceptors (Lipinski definition) is 5. The molecule has 5 N–H and O–H groups in total. The SMILES string of the molecule is CC(O)[C@@H](NC(=O)C[C@@H](CNC(=O)[C@@H]1Cc2ccccc2CN1)c1ccc(Cl)cc1)C(=O)O.Cl. The Morgan fingerprint density at radius 3 is 2.38 bits per heavy atom. The van der Waals surface area contributed by atoms with Gasteiger partial charge in [-0.25, -0.2) is 4.79 Å². The van der Waals surface area contributed by atoms with Gasteiger partial charge in [-0.3, -0.25) is 9.59 Å². The van der Waals surface area contributed by atoms with E-state index in [1.165, 1.54) is 12.5 Å². The van der Waals surface area contributed by atoms with Crippen LogP contribution in [0.25, 0.3) is 0 Å². The molecule has 4 atom stereocenters. The van der Waals surface area contributed by atoms with Crippen molar-refractivity contribution in [2.45, 2.75) is 50.4 Å². The van der Waals surface area contributed by atoms with Gasteiger partial charge in [0.2, 0.25) is 11.8 Å². The molecule has 34 heavy (non-hydrogen) atoms. The van der Waals surface area contributed by atoms with Crippen LogP contribution in [-0.4, -0.2) is 52.7 Å². The summed E-state index contributed by atoms with van der Waals surface area (Å²) in [6.45, 7) is 2.08. The number of amides is 2. The van der Waals surface area contributed by atoms with Crippen LogP contribution in [0.1, 0.15) is 36.0 Å². The Morgan fingerprint density at radius 1 is 1.12 bits per heavy atom. The summed E-state index contributed by atoms with van der Waals surface area (Å²) in [7, 11) is 0. The molecule has 184 valence electrons. The average Bonchev–Trinajstić information content (AvgIpc) is 2.79. The highest BCUT2D eigenvalue weighted by Crippen LogP contribution is 2.22. The lowest BCUT2D eigenvalue weighted by Crippen LogP contribution is -2.49. The first-order valence-electron chi connectivity index (χ1n) is 10.8. The number of hydrogen-bond donors (Lipinski definition) is 5. The van der Waals surface area contributed by atoms with E-state index < -0.39 is 29.9 Å². The Bertz CT molecular complexity index is 1000. The number of halogens is 2.